The lowest BCUT2D eigenvalue weighted by atomic mass is 9.93. The predicted octanol–water partition coefficient (Wildman–Crippen LogP) is 7.92. The van der Waals surface area contributed by atoms with Crippen LogP contribution in [0.3, 0.4) is 0 Å². The minimum atomic E-state index is -0.917. The normalized spacial score (nSPS) is 12.3. The van der Waals surface area contributed by atoms with Gasteiger partial charge in [-0.15, -0.1) is 0 Å². The minimum absolute atomic E-state index is 0.0615. The minimum Gasteiger partial charge on any atom is -0.457 e. The summed E-state index contributed by atoms with van der Waals surface area (Å²) in [5.74, 6) is 1.16. The van der Waals surface area contributed by atoms with Crippen LogP contribution in [0.25, 0.3) is 0 Å². The van der Waals surface area contributed by atoms with Crippen molar-refractivity contribution in [2.45, 2.75) is 66.1 Å². The topological polar surface area (TPSA) is 94.5 Å². The molecular formula is C33H40ClNO7. The summed E-state index contributed by atoms with van der Waals surface area (Å²) in [5, 5.41) is 11.3. The lowest BCUT2D eigenvalue weighted by Gasteiger charge is -2.29. The first-order valence-electron chi connectivity index (χ1n) is 13.8. The molecule has 8 nitrogen and oxygen atoms in total. The molecule has 226 valence electrons. The second-order valence-corrected chi connectivity index (χ2v) is 12.7. The van der Waals surface area contributed by atoms with E-state index in [1.54, 1.807) is 69.3 Å². The maximum atomic E-state index is 12.9. The van der Waals surface area contributed by atoms with Crippen LogP contribution in [0.15, 0.2) is 72.8 Å². The Balaban J connectivity index is 1.56. The highest BCUT2D eigenvalue weighted by molar-refractivity contribution is 6.30. The average molecular weight is 598 g/mol. The summed E-state index contributed by atoms with van der Waals surface area (Å²) in [7, 11) is 0. The van der Waals surface area contributed by atoms with Gasteiger partial charge in [0, 0.05) is 11.6 Å². The number of aliphatic hydroxyl groups is 1. The first-order valence-corrected chi connectivity index (χ1v) is 14.2. The average Bonchev–Trinajstić information content (AvgIpc) is 2.89. The zero-order chi connectivity index (χ0) is 30.9. The van der Waals surface area contributed by atoms with Gasteiger partial charge >= 0.3 is 12.1 Å². The van der Waals surface area contributed by atoms with Crippen LogP contribution < -0.4 is 9.62 Å². The van der Waals surface area contributed by atoms with Crippen LogP contribution in [0, 0.1) is 5.41 Å². The van der Waals surface area contributed by atoms with Crippen molar-refractivity contribution in [3.05, 3.63) is 88.9 Å². The zero-order valence-electron chi connectivity index (χ0n) is 25.1. The molecule has 1 atom stereocenters. The Morgan fingerprint density at radius 1 is 0.881 bits per heavy atom. The lowest BCUT2D eigenvalue weighted by Crippen LogP contribution is -2.40. The zero-order valence-corrected chi connectivity index (χ0v) is 25.8. The van der Waals surface area contributed by atoms with Gasteiger partial charge in [0.15, 0.2) is 5.75 Å². The van der Waals surface area contributed by atoms with E-state index in [1.165, 1.54) is 4.90 Å². The van der Waals surface area contributed by atoms with E-state index in [2.05, 4.69) is 0 Å². The third-order valence-corrected chi connectivity index (χ3v) is 6.07. The van der Waals surface area contributed by atoms with Gasteiger partial charge in [-0.1, -0.05) is 56.6 Å². The van der Waals surface area contributed by atoms with Gasteiger partial charge in [-0.25, -0.2) is 9.59 Å². The molecule has 1 amide bonds. The molecule has 3 aromatic carbocycles. The van der Waals surface area contributed by atoms with E-state index in [4.69, 9.17) is 30.8 Å². The number of ether oxygens (including phenoxy) is 2. The fraction of sp³-hybridized carbons (Fsp3) is 0.394. The van der Waals surface area contributed by atoms with Gasteiger partial charge in [0.2, 0.25) is 0 Å². The lowest BCUT2D eigenvalue weighted by molar-refractivity contribution is -0.215. The molecule has 42 heavy (non-hydrogen) atoms. The molecule has 0 fully saturated rings. The van der Waals surface area contributed by atoms with Crippen molar-refractivity contribution >= 4 is 23.7 Å². The molecule has 0 unspecified atom stereocenters. The second kappa shape index (κ2) is 14.4. The highest BCUT2D eigenvalue weighted by atomic mass is 35.5. The molecule has 0 spiro atoms. The van der Waals surface area contributed by atoms with Gasteiger partial charge in [-0.3, -0.25) is 9.78 Å². The van der Waals surface area contributed by atoms with E-state index in [9.17, 15) is 14.7 Å². The number of benzene rings is 3. The SMILES string of the molecule is CC(C)(C)CC(=O)OOc1ccc(Oc2ccc(CCN(C[C@H](O)c3cccc(Cl)c3)C(=O)OC(C)(C)C)cc2)cc1. The molecule has 1 N–H and O–H groups in total. The van der Waals surface area contributed by atoms with Crippen molar-refractivity contribution in [2.75, 3.05) is 13.1 Å². The molecule has 0 aliphatic heterocycles. The Labute approximate surface area is 253 Å². The van der Waals surface area contributed by atoms with Gasteiger partial charge < -0.3 is 19.5 Å². The summed E-state index contributed by atoms with van der Waals surface area (Å²) >= 11 is 6.08. The van der Waals surface area contributed by atoms with Crippen LogP contribution in [-0.4, -0.2) is 40.8 Å². The molecule has 0 aliphatic carbocycles. The molecule has 0 saturated carbocycles. The maximum Gasteiger partial charge on any atom is 0.410 e. The Morgan fingerprint density at radius 3 is 2.05 bits per heavy atom. The highest BCUT2D eigenvalue weighted by Crippen LogP contribution is 2.26. The summed E-state index contributed by atoms with van der Waals surface area (Å²) in [4.78, 5) is 36.3. The first kappa shape index (κ1) is 32.8. The number of carbonyl (C=O) groups excluding carboxylic acids is 2. The van der Waals surface area contributed by atoms with Crippen LogP contribution in [0.4, 0.5) is 4.79 Å². The summed E-state index contributed by atoms with van der Waals surface area (Å²) in [6.45, 7) is 11.7. The fourth-order valence-electron chi connectivity index (χ4n) is 3.86. The Morgan fingerprint density at radius 2 is 1.48 bits per heavy atom. The molecule has 0 radical (unpaired) electrons. The van der Waals surface area contributed by atoms with Crippen molar-refractivity contribution in [1.82, 2.24) is 4.90 Å². The Bertz CT molecular complexity index is 1310. The van der Waals surface area contributed by atoms with Crippen molar-refractivity contribution in [3.63, 3.8) is 0 Å². The largest absolute Gasteiger partial charge is 0.457 e. The van der Waals surface area contributed by atoms with Gasteiger partial charge in [0.1, 0.15) is 17.1 Å². The van der Waals surface area contributed by atoms with Gasteiger partial charge in [0.05, 0.1) is 19.1 Å². The molecule has 0 aromatic heterocycles. The molecule has 3 rings (SSSR count). The summed E-state index contributed by atoms with van der Waals surface area (Å²) in [5.41, 5.74) is 0.745. The van der Waals surface area contributed by atoms with E-state index in [-0.39, 0.29) is 18.4 Å². The third kappa shape index (κ3) is 11.6. The molecule has 0 bridgehead atoms. The van der Waals surface area contributed by atoms with Crippen LogP contribution >= 0.6 is 11.6 Å². The number of aliphatic hydroxyl groups excluding tert-OH is 1. The molecular weight excluding hydrogens is 558 g/mol. The summed E-state index contributed by atoms with van der Waals surface area (Å²) < 4.78 is 11.5. The van der Waals surface area contributed by atoms with E-state index >= 15 is 0 Å². The van der Waals surface area contributed by atoms with Gasteiger partial charge in [-0.05, 0) is 92.3 Å². The maximum absolute atomic E-state index is 12.9. The summed E-state index contributed by atoms with van der Waals surface area (Å²) in [6.07, 6.45) is -0.630. The quantitative estimate of drug-likeness (QED) is 0.177. The van der Waals surface area contributed by atoms with Crippen LogP contribution in [0.5, 0.6) is 17.2 Å². The number of carbonyl (C=O) groups is 2. The van der Waals surface area contributed by atoms with E-state index in [1.807, 2.05) is 45.0 Å². The van der Waals surface area contributed by atoms with Crippen molar-refractivity contribution in [3.8, 4) is 17.2 Å². The second-order valence-electron chi connectivity index (χ2n) is 12.2. The third-order valence-electron chi connectivity index (χ3n) is 5.84. The van der Waals surface area contributed by atoms with Crippen LogP contribution in [-0.2, 0) is 20.8 Å². The predicted molar refractivity (Wildman–Crippen MR) is 162 cm³/mol. The number of nitrogens with zero attached hydrogens (tertiary/aromatic N) is 1. The number of halogens is 1. The van der Waals surface area contributed by atoms with E-state index in [0.29, 0.717) is 40.8 Å². The van der Waals surface area contributed by atoms with E-state index in [0.717, 1.165) is 5.56 Å². The fourth-order valence-corrected chi connectivity index (χ4v) is 4.05. The highest BCUT2D eigenvalue weighted by Gasteiger charge is 2.25. The first-order chi connectivity index (χ1) is 19.7. The van der Waals surface area contributed by atoms with Gasteiger partial charge in [0.25, 0.3) is 0 Å². The number of hydrogen-bond donors (Lipinski definition) is 1. The standard InChI is InChI=1S/C33H40ClNO7/c1-32(2,3)21-30(37)42-41-28-16-14-27(15-17-28)39-26-12-10-23(11-13-26)18-19-35(31(38)40-33(4,5)6)22-29(36)24-8-7-9-25(34)20-24/h7-17,20,29,36H,18-19,21-22H2,1-6H3/t29-/m0/s1. The van der Waals surface area contributed by atoms with E-state index < -0.39 is 23.8 Å². The molecule has 3 aromatic rings. The van der Waals surface area contributed by atoms with Crippen molar-refractivity contribution in [2.24, 2.45) is 5.41 Å². The number of rotatable bonds is 11. The molecule has 0 aliphatic rings. The van der Waals surface area contributed by atoms with Gasteiger partial charge in [-0.2, -0.15) is 0 Å². The Kier molecular flexibility index (Phi) is 11.3. The number of amides is 1. The molecule has 9 heteroatoms. The van der Waals surface area contributed by atoms with Crippen molar-refractivity contribution in [1.29, 1.82) is 0 Å². The molecule has 0 saturated heterocycles. The van der Waals surface area contributed by atoms with Crippen molar-refractivity contribution < 1.29 is 33.9 Å². The monoisotopic (exact) mass is 597 g/mol. The Hall–Kier alpha value is -3.75. The number of hydrogen-bond acceptors (Lipinski definition) is 7. The van der Waals surface area contributed by atoms with Crippen LogP contribution in [0.2, 0.25) is 5.02 Å². The smallest absolute Gasteiger partial charge is 0.410 e. The van der Waals surface area contributed by atoms with Crippen LogP contribution in [0.1, 0.15) is 65.2 Å². The summed E-state index contributed by atoms with van der Waals surface area (Å²) in [6, 6.07) is 21.2. The molecule has 0 heterocycles.